The molecule has 1 N–H and O–H groups in total. The lowest BCUT2D eigenvalue weighted by Gasteiger charge is -2.30. The van der Waals surface area contributed by atoms with Crippen molar-refractivity contribution in [2.75, 3.05) is 13.7 Å². The Hall–Kier alpha value is -3.34. The first kappa shape index (κ1) is 23.3. The molecule has 3 rings (SSSR count). The lowest BCUT2D eigenvalue weighted by Crippen LogP contribution is -2.49. The van der Waals surface area contributed by atoms with Crippen molar-refractivity contribution >= 4 is 22.6 Å². The van der Waals surface area contributed by atoms with Crippen molar-refractivity contribution in [3.63, 3.8) is 0 Å². The van der Waals surface area contributed by atoms with Crippen molar-refractivity contribution in [1.29, 1.82) is 0 Å². The molecular weight excluding hydrogens is 400 g/mol. The van der Waals surface area contributed by atoms with Crippen LogP contribution in [0.3, 0.4) is 0 Å². The van der Waals surface area contributed by atoms with Crippen LogP contribution in [0.2, 0.25) is 0 Å². The van der Waals surface area contributed by atoms with E-state index in [1.54, 1.807) is 12.0 Å². The fraction of sp³-hybridized carbons (Fsp3) is 0.333. The van der Waals surface area contributed by atoms with Gasteiger partial charge in [-0.05, 0) is 53.8 Å². The number of amides is 2. The standard InChI is InChI=1S/C27H32N2O3/c1-4-25(27(31)28-5-2)29(19-20-10-8-14-23(18-20)32-3)26(30)17-16-22-13-9-12-21-11-6-7-15-24(21)22/h6-15,18,25H,4-5,16-17,19H2,1-3H3,(H,28,31). The summed E-state index contributed by atoms with van der Waals surface area (Å²) in [6, 6.07) is 21.5. The molecule has 0 aromatic heterocycles. The second kappa shape index (κ2) is 11.3. The molecule has 5 heteroatoms. The molecule has 0 saturated carbocycles. The number of ether oxygens (including phenoxy) is 1. The third-order valence-electron chi connectivity index (χ3n) is 5.71. The van der Waals surface area contributed by atoms with Crippen LogP contribution in [-0.2, 0) is 22.6 Å². The van der Waals surface area contributed by atoms with E-state index in [0.717, 1.165) is 22.3 Å². The summed E-state index contributed by atoms with van der Waals surface area (Å²) in [6.45, 7) is 4.73. The van der Waals surface area contributed by atoms with Gasteiger partial charge < -0.3 is 15.0 Å². The Morgan fingerprint density at radius 2 is 1.75 bits per heavy atom. The van der Waals surface area contributed by atoms with E-state index < -0.39 is 6.04 Å². The molecule has 32 heavy (non-hydrogen) atoms. The van der Waals surface area contributed by atoms with Gasteiger partial charge in [0.1, 0.15) is 11.8 Å². The number of hydrogen-bond acceptors (Lipinski definition) is 3. The van der Waals surface area contributed by atoms with Gasteiger partial charge >= 0.3 is 0 Å². The highest BCUT2D eigenvalue weighted by molar-refractivity contribution is 5.89. The van der Waals surface area contributed by atoms with E-state index in [1.165, 1.54) is 5.39 Å². The molecule has 0 spiro atoms. The fourth-order valence-corrected chi connectivity index (χ4v) is 4.07. The van der Waals surface area contributed by atoms with Crippen LogP contribution < -0.4 is 10.1 Å². The number of methoxy groups -OCH3 is 1. The number of hydrogen-bond donors (Lipinski definition) is 1. The number of fused-ring (bicyclic) bond motifs is 1. The number of carbonyl (C=O) groups is 2. The van der Waals surface area contributed by atoms with Gasteiger partial charge in [-0.3, -0.25) is 9.59 Å². The Balaban J connectivity index is 1.83. The number of likely N-dealkylation sites (N-methyl/N-ethyl adjacent to an activating group) is 1. The molecule has 5 nitrogen and oxygen atoms in total. The van der Waals surface area contributed by atoms with Gasteiger partial charge in [-0.1, -0.05) is 61.5 Å². The quantitative estimate of drug-likeness (QED) is 0.504. The Kier molecular flexibility index (Phi) is 8.26. The maximum absolute atomic E-state index is 13.4. The monoisotopic (exact) mass is 432 g/mol. The summed E-state index contributed by atoms with van der Waals surface area (Å²) in [5, 5.41) is 5.21. The maximum Gasteiger partial charge on any atom is 0.242 e. The normalized spacial score (nSPS) is 11.7. The summed E-state index contributed by atoms with van der Waals surface area (Å²) in [5.74, 6) is 0.590. The molecule has 0 fully saturated rings. The molecule has 168 valence electrons. The number of nitrogens with zero attached hydrogens (tertiary/aromatic N) is 1. The van der Waals surface area contributed by atoms with Gasteiger partial charge in [0, 0.05) is 19.5 Å². The van der Waals surface area contributed by atoms with Crippen LogP contribution in [-0.4, -0.2) is 36.4 Å². The smallest absolute Gasteiger partial charge is 0.242 e. The average Bonchev–Trinajstić information content (AvgIpc) is 2.82. The second-order valence-electron chi connectivity index (χ2n) is 7.83. The zero-order valence-electron chi connectivity index (χ0n) is 19.1. The molecule has 2 amide bonds. The van der Waals surface area contributed by atoms with E-state index in [4.69, 9.17) is 4.74 Å². The number of benzene rings is 3. The number of nitrogens with one attached hydrogen (secondary N) is 1. The Morgan fingerprint density at radius 1 is 1.00 bits per heavy atom. The first-order valence-electron chi connectivity index (χ1n) is 11.2. The van der Waals surface area contributed by atoms with E-state index in [-0.39, 0.29) is 11.8 Å². The Bertz CT molecular complexity index is 1060. The lowest BCUT2D eigenvalue weighted by atomic mass is 10.00. The number of rotatable bonds is 10. The van der Waals surface area contributed by atoms with E-state index in [2.05, 4.69) is 29.6 Å². The third-order valence-corrected chi connectivity index (χ3v) is 5.71. The summed E-state index contributed by atoms with van der Waals surface area (Å²) in [4.78, 5) is 27.9. The van der Waals surface area contributed by atoms with Crippen molar-refractivity contribution in [1.82, 2.24) is 10.2 Å². The SMILES string of the molecule is CCNC(=O)C(CC)N(Cc1cccc(OC)c1)C(=O)CCc1cccc2ccccc12. The predicted octanol–water partition coefficient (Wildman–Crippen LogP) is 4.72. The lowest BCUT2D eigenvalue weighted by molar-refractivity contribution is -0.141. The molecule has 1 atom stereocenters. The van der Waals surface area contributed by atoms with Crippen molar-refractivity contribution in [3.8, 4) is 5.75 Å². The molecule has 0 saturated heterocycles. The van der Waals surface area contributed by atoms with E-state index in [1.807, 2.05) is 56.3 Å². The van der Waals surface area contributed by atoms with E-state index in [9.17, 15) is 9.59 Å². The van der Waals surface area contributed by atoms with Gasteiger partial charge in [0.25, 0.3) is 0 Å². The summed E-state index contributed by atoms with van der Waals surface area (Å²) >= 11 is 0. The number of aryl methyl sites for hydroxylation is 1. The second-order valence-corrected chi connectivity index (χ2v) is 7.83. The van der Waals surface area contributed by atoms with Crippen molar-refractivity contribution < 1.29 is 14.3 Å². The van der Waals surface area contributed by atoms with Crippen LogP contribution in [0.1, 0.15) is 37.8 Å². The highest BCUT2D eigenvalue weighted by Gasteiger charge is 2.28. The molecule has 3 aromatic rings. The minimum absolute atomic E-state index is 0.0288. The first-order valence-corrected chi connectivity index (χ1v) is 11.2. The topological polar surface area (TPSA) is 58.6 Å². The number of carbonyl (C=O) groups excluding carboxylic acids is 2. The molecule has 0 aliphatic carbocycles. The van der Waals surface area contributed by atoms with Gasteiger partial charge in [0.05, 0.1) is 7.11 Å². The van der Waals surface area contributed by atoms with E-state index >= 15 is 0 Å². The minimum atomic E-state index is -0.513. The van der Waals surface area contributed by atoms with E-state index in [0.29, 0.717) is 32.4 Å². The molecule has 1 unspecified atom stereocenters. The zero-order valence-corrected chi connectivity index (χ0v) is 19.1. The fourth-order valence-electron chi connectivity index (χ4n) is 4.07. The van der Waals surface area contributed by atoms with Gasteiger partial charge in [0.2, 0.25) is 11.8 Å². The Morgan fingerprint density at radius 3 is 2.50 bits per heavy atom. The summed E-state index contributed by atoms with van der Waals surface area (Å²) in [7, 11) is 1.62. The molecule has 0 radical (unpaired) electrons. The van der Waals surface area contributed by atoms with Crippen molar-refractivity contribution in [3.05, 3.63) is 77.9 Å². The zero-order chi connectivity index (χ0) is 22.9. The van der Waals surface area contributed by atoms with Crippen LogP contribution in [0.4, 0.5) is 0 Å². The molecule has 0 bridgehead atoms. The summed E-state index contributed by atoms with van der Waals surface area (Å²) < 4.78 is 5.33. The maximum atomic E-state index is 13.4. The van der Waals surface area contributed by atoms with Gasteiger partial charge in [-0.2, -0.15) is 0 Å². The minimum Gasteiger partial charge on any atom is -0.497 e. The van der Waals surface area contributed by atoms with Crippen LogP contribution >= 0.6 is 0 Å². The average molecular weight is 433 g/mol. The summed E-state index contributed by atoms with van der Waals surface area (Å²) in [6.07, 6.45) is 1.52. The van der Waals surface area contributed by atoms with Gasteiger partial charge in [-0.15, -0.1) is 0 Å². The van der Waals surface area contributed by atoms with Crippen molar-refractivity contribution in [2.24, 2.45) is 0 Å². The molecule has 3 aromatic carbocycles. The molecule has 0 heterocycles. The van der Waals surface area contributed by atoms with Crippen LogP contribution in [0.5, 0.6) is 5.75 Å². The van der Waals surface area contributed by atoms with Crippen LogP contribution in [0.25, 0.3) is 10.8 Å². The van der Waals surface area contributed by atoms with Crippen LogP contribution in [0.15, 0.2) is 66.7 Å². The van der Waals surface area contributed by atoms with Crippen LogP contribution in [0, 0.1) is 0 Å². The van der Waals surface area contributed by atoms with Gasteiger partial charge in [-0.25, -0.2) is 0 Å². The molecule has 0 aliphatic heterocycles. The highest BCUT2D eigenvalue weighted by Crippen LogP contribution is 2.22. The molecular formula is C27H32N2O3. The van der Waals surface area contributed by atoms with Gasteiger partial charge in [0.15, 0.2) is 0 Å². The highest BCUT2D eigenvalue weighted by atomic mass is 16.5. The summed E-state index contributed by atoms with van der Waals surface area (Å²) in [5.41, 5.74) is 2.08. The largest absolute Gasteiger partial charge is 0.497 e. The predicted molar refractivity (Wildman–Crippen MR) is 129 cm³/mol. The van der Waals surface area contributed by atoms with Crippen molar-refractivity contribution in [2.45, 2.75) is 45.7 Å². The first-order chi connectivity index (χ1) is 15.6. The third kappa shape index (κ3) is 5.67. The molecule has 0 aliphatic rings. The Labute approximate surface area is 190 Å².